The molecular weight excluding hydrogens is 316 g/mol. The Morgan fingerprint density at radius 1 is 1.00 bits per heavy atom. The van der Waals surface area contributed by atoms with Crippen LogP contribution in [0, 0.1) is 0 Å². The lowest BCUT2D eigenvalue weighted by Gasteiger charge is -2.32. The SMILES string of the molecule is O=C(Nc1ccccn1)C(=O)NC1CCN(Cc2ccccc2)CC1. The number of aromatic nitrogens is 1. The van der Waals surface area contributed by atoms with Crippen molar-refractivity contribution in [2.24, 2.45) is 0 Å². The van der Waals surface area contributed by atoms with Gasteiger partial charge in [-0.3, -0.25) is 14.5 Å². The van der Waals surface area contributed by atoms with Crippen LogP contribution in [0.3, 0.4) is 0 Å². The van der Waals surface area contributed by atoms with Crippen molar-refractivity contribution in [2.45, 2.75) is 25.4 Å². The highest BCUT2D eigenvalue weighted by Gasteiger charge is 2.23. The molecule has 1 aromatic carbocycles. The minimum absolute atomic E-state index is 0.0361. The Bertz CT molecular complexity index is 698. The number of nitrogens with zero attached hydrogens (tertiary/aromatic N) is 2. The maximum atomic E-state index is 12.0. The first-order valence-corrected chi connectivity index (χ1v) is 8.50. The third-order valence-electron chi connectivity index (χ3n) is 4.28. The number of hydrogen-bond acceptors (Lipinski definition) is 4. The maximum absolute atomic E-state index is 12.0. The molecule has 0 saturated carbocycles. The predicted octanol–water partition coefficient (Wildman–Crippen LogP) is 1.80. The Morgan fingerprint density at radius 3 is 2.40 bits per heavy atom. The van der Waals surface area contributed by atoms with Gasteiger partial charge in [0.05, 0.1) is 0 Å². The highest BCUT2D eigenvalue weighted by atomic mass is 16.2. The topological polar surface area (TPSA) is 74.3 Å². The summed E-state index contributed by atoms with van der Waals surface area (Å²) in [7, 11) is 0. The molecule has 1 aliphatic heterocycles. The van der Waals surface area contributed by atoms with Crippen LogP contribution in [0.1, 0.15) is 18.4 Å². The minimum atomic E-state index is -0.676. The van der Waals surface area contributed by atoms with E-state index in [1.54, 1.807) is 24.4 Å². The number of hydrogen-bond donors (Lipinski definition) is 2. The van der Waals surface area contributed by atoms with Gasteiger partial charge >= 0.3 is 11.8 Å². The van der Waals surface area contributed by atoms with Gasteiger partial charge in [0.1, 0.15) is 5.82 Å². The largest absolute Gasteiger partial charge is 0.345 e. The van der Waals surface area contributed by atoms with Crippen molar-refractivity contribution >= 4 is 17.6 Å². The quantitative estimate of drug-likeness (QED) is 0.834. The molecule has 25 heavy (non-hydrogen) atoms. The number of likely N-dealkylation sites (tertiary alicyclic amines) is 1. The molecule has 0 radical (unpaired) electrons. The van der Waals surface area contributed by atoms with Gasteiger partial charge in [0, 0.05) is 31.9 Å². The number of pyridine rings is 1. The van der Waals surface area contributed by atoms with E-state index in [0.717, 1.165) is 32.5 Å². The summed E-state index contributed by atoms with van der Waals surface area (Å²) in [5.41, 5.74) is 1.29. The van der Waals surface area contributed by atoms with Gasteiger partial charge in [0.2, 0.25) is 0 Å². The van der Waals surface area contributed by atoms with Gasteiger partial charge < -0.3 is 10.6 Å². The van der Waals surface area contributed by atoms with Gasteiger partial charge in [-0.15, -0.1) is 0 Å². The van der Waals surface area contributed by atoms with Crippen LogP contribution in [0.2, 0.25) is 0 Å². The molecule has 0 aliphatic carbocycles. The molecule has 6 heteroatoms. The van der Waals surface area contributed by atoms with Crippen LogP contribution >= 0.6 is 0 Å². The van der Waals surface area contributed by atoms with Crippen molar-refractivity contribution in [2.75, 3.05) is 18.4 Å². The van der Waals surface area contributed by atoms with Crippen LogP contribution in [0.15, 0.2) is 54.7 Å². The van der Waals surface area contributed by atoms with Crippen LogP contribution < -0.4 is 10.6 Å². The van der Waals surface area contributed by atoms with Crippen LogP contribution in [0.5, 0.6) is 0 Å². The molecule has 2 aromatic rings. The zero-order valence-electron chi connectivity index (χ0n) is 14.0. The van der Waals surface area contributed by atoms with Crippen molar-refractivity contribution in [1.82, 2.24) is 15.2 Å². The molecule has 130 valence electrons. The first kappa shape index (κ1) is 17.1. The Morgan fingerprint density at radius 2 is 1.72 bits per heavy atom. The summed E-state index contributed by atoms with van der Waals surface area (Å²) in [6.07, 6.45) is 3.25. The first-order valence-electron chi connectivity index (χ1n) is 8.50. The zero-order chi connectivity index (χ0) is 17.5. The highest BCUT2D eigenvalue weighted by molar-refractivity contribution is 6.39. The number of anilines is 1. The molecule has 0 atom stereocenters. The number of amides is 2. The molecule has 1 fully saturated rings. The lowest BCUT2D eigenvalue weighted by molar-refractivity contribution is -0.136. The number of nitrogens with one attached hydrogen (secondary N) is 2. The first-order chi connectivity index (χ1) is 12.2. The van der Waals surface area contributed by atoms with Gasteiger partial charge in [0.25, 0.3) is 0 Å². The summed E-state index contributed by atoms with van der Waals surface area (Å²) in [6.45, 7) is 2.73. The second-order valence-electron chi connectivity index (χ2n) is 6.18. The average Bonchev–Trinajstić information content (AvgIpc) is 2.65. The van der Waals surface area contributed by atoms with E-state index in [-0.39, 0.29) is 6.04 Å². The summed E-state index contributed by atoms with van der Waals surface area (Å²) in [5, 5.41) is 5.32. The van der Waals surface area contributed by atoms with Gasteiger partial charge in [-0.2, -0.15) is 0 Å². The van der Waals surface area contributed by atoms with E-state index in [9.17, 15) is 9.59 Å². The Balaban J connectivity index is 1.42. The molecule has 1 aromatic heterocycles. The molecule has 2 heterocycles. The van der Waals surface area contributed by atoms with Gasteiger partial charge in [0.15, 0.2) is 0 Å². The Labute approximate surface area is 147 Å². The minimum Gasteiger partial charge on any atom is -0.345 e. The second kappa shape index (κ2) is 8.39. The fraction of sp³-hybridized carbons (Fsp3) is 0.316. The van der Waals surface area contributed by atoms with E-state index in [1.807, 2.05) is 18.2 Å². The Kier molecular flexibility index (Phi) is 5.74. The van der Waals surface area contributed by atoms with E-state index >= 15 is 0 Å². The summed E-state index contributed by atoms with van der Waals surface area (Å²) in [6, 6.07) is 15.5. The van der Waals surface area contributed by atoms with E-state index < -0.39 is 11.8 Å². The van der Waals surface area contributed by atoms with E-state index in [1.165, 1.54) is 5.56 Å². The second-order valence-corrected chi connectivity index (χ2v) is 6.18. The highest BCUT2D eigenvalue weighted by Crippen LogP contribution is 2.14. The van der Waals surface area contributed by atoms with Gasteiger partial charge in [-0.05, 0) is 30.5 Å². The molecule has 1 saturated heterocycles. The van der Waals surface area contributed by atoms with E-state index in [0.29, 0.717) is 5.82 Å². The average molecular weight is 338 g/mol. The van der Waals surface area contributed by atoms with Crippen molar-refractivity contribution in [3.8, 4) is 0 Å². The van der Waals surface area contributed by atoms with Crippen LogP contribution in [0.4, 0.5) is 5.82 Å². The number of rotatable bonds is 4. The number of benzene rings is 1. The van der Waals surface area contributed by atoms with Crippen molar-refractivity contribution in [3.05, 3.63) is 60.3 Å². The maximum Gasteiger partial charge on any atom is 0.314 e. The van der Waals surface area contributed by atoms with Crippen LogP contribution in [-0.4, -0.2) is 40.8 Å². The molecule has 6 nitrogen and oxygen atoms in total. The lowest BCUT2D eigenvalue weighted by Crippen LogP contribution is -2.47. The molecule has 0 bridgehead atoms. The summed E-state index contributed by atoms with van der Waals surface area (Å²) in [5.74, 6) is -0.905. The summed E-state index contributed by atoms with van der Waals surface area (Å²) < 4.78 is 0. The monoisotopic (exact) mass is 338 g/mol. The van der Waals surface area contributed by atoms with Crippen molar-refractivity contribution in [1.29, 1.82) is 0 Å². The van der Waals surface area contributed by atoms with E-state index in [2.05, 4.69) is 32.7 Å². The fourth-order valence-electron chi connectivity index (χ4n) is 2.94. The number of piperidine rings is 1. The normalized spacial score (nSPS) is 15.5. The van der Waals surface area contributed by atoms with E-state index in [4.69, 9.17) is 0 Å². The smallest absolute Gasteiger partial charge is 0.314 e. The number of carbonyl (C=O) groups is 2. The van der Waals surface area contributed by atoms with Crippen molar-refractivity contribution in [3.63, 3.8) is 0 Å². The Hall–Kier alpha value is -2.73. The molecule has 3 rings (SSSR count). The summed E-state index contributed by atoms with van der Waals surface area (Å²) in [4.78, 5) is 30.3. The standard InChI is InChI=1S/C19H22N4O2/c24-18(19(25)22-17-8-4-5-11-20-17)21-16-9-12-23(13-10-16)14-15-6-2-1-3-7-15/h1-8,11,16H,9-10,12-14H2,(H,21,24)(H,20,22,25). The van der Waals surface area contributed by atoms with Crippen molar-refractivity contribution < 1.29 is 9.59 Å². The molecule has 0 unspecified atom stereocenters. The third-order valence-corrected chi connectivity index (χ3v) is 4.28. The van der Waals surface area contributed by atoms with Gasteiger partial charge in [-0.1, -0.05) is 36.4 Å². The zero-order valence-corrected chi connectivity index (χ0v) is 14.0. The predicted molar refractivity (Wildman–Crippen MR) is 95.8 cm³/mol. The molecule has 0 spiro atoms. The van der Waals surface area contributed by atoms with Crippen LogP contribution in [0.25, 0.3) is 0 Å². The van der Waals surface area contributed by atoms with Gasteiger partial charge in [-0.25, -0.2) is 4.98 Å². The molecule has 1 aliphatic rings. The lowest BCUT2D eigenvalue weighted by atomic mass is 10.0. The summed E-state index contributed by atoms with van der Waals surface area (Å²) >= 11 is 0. The molecule has 2 amide bonds. The van der Waals surface area contributed by atoms with Crippen LogP contribution in [-0.2, 0) is 16.1 Å². The molecular formula is C19H22N4O2. The number of carbonyl (C=O) groups excluding carboxylic acids is 2. The fourth-order valence-corrected chi connectivity index (χ4v) is 2.94. The third kappa shape index (κ3) is 5.12. The molecule has 2 N–H and O–H groups in total.